The molecule has 1 aromatic carbocycles. The van der Waals surface area contributed by atoms with Crippen LogP contribution < -0.4 is 10.6 Å². The van der Waals surface area contributed by atoms with Crippen molar-refractivity contribution in [2.75, 3.05) is 20.6 Å². The highest BCUT2D eigenvalue weighted by Crippen LogP contribution is 2.20. The van der Waals surface area contributed by atoms with Gasteiger partial charge in [0.1, 0.15) is 6.61 Å². The number of hydrogen-bond acceptors (Lipinski definition) is 4. The Hall–Kier alpha value is -1.59. The van der Waals surface area contributed by atoms with Crippen molar-refractivity contribution < 1.29 is 9.53 Å². The summed E-state index contributed by atoms with van der Waals surface area (Å²) in [5.41, 5.74) is 1.00. The number of carbonyl (C=O) groups excluding carboxylic acids is 1. The smallest absolute Gasteiger partial charge is 0.407 e. The van der Waals surface area contributed by atoms with E-state index in [1.807, 2.05) is 30.3 Å². The summed E-state index contributed by atoms with van der Waals surface area (Å²) in [5.74, 6) is 0.620. The molecule has 0 saturated heterocycles. The Morgan fingerprint density at radius 1 is 1.21 bits per heavy atom. The molecule has 5 nitrogen and oxygen atoms in total. The Balaban J connectivity index is 1.60. The fourth-order valence-electron chi connectivity index (χ4n) is 3.14. The van der Waals surface area contributed by atoms with Gasteiger partial charge in [-0.15, -0.1) is 0 Å². The summed E-state index contributed by atoms with van der Waals surface area (Å²) in [6.07, 6.45) is 1.62. The molecule has 0 spiro atoms. The lowest BCUT2D eigenvalue weighted by molar-refractivity contribution is 0.123. The molecule has 2 rings (SSSR count). The quantitative estimate of drug-likeness (QED) is 0.768. The highest BCUT2D eigenvalue weighted by molar-refractivity contribution is 5.67. The van der Waals surface area contributed by atoms with Crippen LogP contribution >= 0.6 is 0 Å². The summed E-state index contributed by atoms with van der Waals surface area (Å²) in [4.78, 5) is 14.1. The van der Waals surface area contributed by atoms with E-state index in [0.29, 0.717) is 24.6 Å². The van der Waals surface area contributed by atoms with Gasteiger partial charge in [0, 0.05) is 24.7 Å². The van der Waals surface area contributed by atoms with E-state index < -0.39 is 0 Å². The predicted molar refractivity (Wildman–Crippen MR) is 96.9 cm³/mol. The summed E-state index contributed by atoms with van der Waals surface area (Å²) in [5, 5.41) is 6.55. The van der Waals surface area contributed by atoms with E-state index in [1.54, 1.807) is 0 Å². The molecule has 0 aliphatic heterocycles. The van der Waals surface area contributed by atoms with Gasteiger partial charge in [0.25, 0.3) is 0 Å². The molecule has 1 aliphatic rings. The molecule has 1 fully saturated rings. The fourth-order valence-corrected chi connectivity index (χ4v) is 3.14. The van der Waals surface area contributed by atoms with Gasteiger partial charge in [-0.1, -0.05) is 44.2 Å². The van der Waals surface area contributed by atoms with Crippen LogP contribution in [0.15, 0.2) is 30.3 Å². The SMILES string of the molecule is CC(C)C(CNC1CC(NC(=O)OCc2ccccc2)C1)N(C)C. The van der Waals surface area contributed by atoms with Crippen LogP contribution in [0, 0.1) is 5.92 Å². The van der Waals surface area contributed by atoms with Crippen LogP contribution in [-0.2, 0) is 11.3 Å². The molecule has 2 N–H and O–H groups in total. The van der Waals surface area contributed by atoms with Gasteiger partial charge in [0.2, 0.25) is 0 Å². The summed E-state index contributed by atoms with van der Waals surface area (Å²) < 4.78 is 5.25. The van der Waals surface area contributed by atoms with Crippen molar-refractivity contribution in [3.63, 3.8) is 0 Å². The number of amides is 1. The summed E-state index contributed by atoms with van der Waals surface area (Å²) in [6, 6.07) is 11.0. The standard InChI is InChI=1S/C19H31N3O2/c1-14(2)18(22(3)4)12-20-16-10-17(11-16)21-19(23)24-13-15-8-6-5-7-9-15/h5-9,14,16-18,20H,10-13H2,1-4H3,(H,21,23). The predicted octanol–water partition coefficient (Wildman–Crippen LogP) is 2.62. The van der Waals surface area contributed by atoms with E-state index >= 15 is 0 Å². The van der Waals surface area contributed by atoms with Crippen LogP contribution in [0.2, 0.25) is 0 Å². The second kappa shape index (κ2) is 9.04. The van der Waals surface area contributed by atoms with E-state index in [1.165, 1.54) is 0 Å². The van der Waals surface area contributed by atoms with Gasteiger partial charge in [-0.3, -0.25) is 0 Å². The minimum Gasteiger partial charge on any atom is -0.445 e. The molecular weight excluding hydrogens is 302 g/mol. The largest absolute Gasteiger partial charge is 0.445 e. The molecular formula is C19H31N3O2. The Bertz CT molecular complexity index is 491. The molecule has 1 aromatic rings. The lowest BCUT2D eigenvalue weighted by atomic mass is 9.86. The first-order valence-electron chi connectivity index (χ1n) is 8.82. The minimum absolute atomic E-state index is 0.225. The van der Waals surface area contributed by atoms with Crippen molar-refractivity contribution in [1.82, 2.24) is 15.5 Å². The zero-order valence-corrected chi connectivity index (χ0v) is 15.3. The average molecular weight is 333 g/mol. The second-order valence-corrected chi connectivity index (χ2v) is 7.25. The molecule has 0 aromatic heterocycles. The third kappa shape index (κ3) is 5.80. The minimum atomic E-state index is -0.323. The zero-order chi connectivity index (χ0) is 17.5. The molecule has 0 heterocycles. The van der Waals surface area contributed by atoms with Crippen molar-refractivity contribution in [3.05, 3.63) is 35.9 Å². The first-order valence-corrected chi connectivity index (χ1v) is 8.82. The molecule has 1 amide bonds. The van der Waals surface area contributed by atoms with Crippen LogP contribution in [0.3, 0.4) is 0 Å². The van der Waals surface area contributed by atoms with Crippen molar-refractivity contribution in [1.29, 1.82) is 0 Å². The number of nitrogens with one attached hydrogen (secondary N) is 2. The number of hydrogen-bond donors (Lipinski definition) is 2. The summed E-state index contributed by atoms with van der Waals surface area (Å²) >= 11 is 0. The van der Waals surface area contributed by atoms with Gasteiger partial charge in [-0.2, -0.15) is 0 Å². The third-order valence-electron chi connectivity index (χ3n) is 4.72. The van der Waals surface area contributed by atoms with Gasteiger partial charge in [0.15, 0.2) is 0 Å². The topological polar surface area (TPSA) is 53.6 Å². The first kappa shape index (κ1) is 18.7. The third-order valence-corrected chi connectivity index (χ3v) is 4.72. The highest BCUT2D eigenvalue weighted by atomic mass is 16.5. The Morgan fingerprint density at radius 2 is 1.88 bits per heavy atom. The van der Waals surface area contributed by atoms with E-state index in [0.717, 1.165) is 24.9 Å². The molecule has 1 saturated carbocycles. The van der Waals surface area contributed by atoms with Gasteiger partial charge in [-0.25, -0.2) is 4.79 Å². The van der Waals surface area contributed by atoms with Crippen molar-refractivity contribution in [3.8, 4) is 0 Å². The number of rotatable bonds is 8. The maximum absolute atomic E-state index is 11.8. The highest BCUT2D eigenvalue weighted by Gasteiger charge is 2.31. The van der Waals surface area contributed by atoms with E-state index in [-0.39, 0.29) is 12.1 Å². The fraction of sp³-hybridized carbons (Fsp3) is 0.632. The van der Waals surface area contributed by atoms with Crippen molar-refractivity contribution in [2.24, 2.45) is 5.92 Å². The lowest BCUT2D eigenvalue weighted by Crippen LogP contribution is -2.55. The van der Waals surface area contributed by atoms with Gasteiger partial charge >= 0.3 is 6.09 Å². The van der Waals surface area contributed by atoms with E-state index in [9.17, 15) is 4.79 Å². The van der Waals surface area contributed by atoms with Gasteiger partial charge < -0.3 is 20.3 Å². The number of ether oxygens (including phenoxy) is 1. The molecule has 24 heavy (non-hydrogen) atoms. The Labute approximate surface area is 145 Å². The lowest BCUT2D eigenvalue weighted by Gasteiger charge is -2.38. The summed E-state index contributed by atoms with van der Waals surface area (Å²) in [6.45, 7) is 5.81. The van der Waals surface area contributed by atoms with Crippen LogP contribution in [0.25, 0.3) is 0 Å². The van der Waals surface area contributed by atoms with E-state index in [2.05, 4.69) is 43.5 Å². The Kier molecular flexibility index (Phi) is 7.06. The van der Waals surface area contributed by atoms with Gasteiger partial charge in [-0.05, 0) is 38.4 Å². The van der Waals surface area contributed by atoms with Crippen LogP contribution in [-0.4, -0.2) is 49.8 Å². The maximum atomic E-state index is 11.8. The van der Waals surface area contributed by atoms with Crippen molar-refractivity contribution in [2.45, 2.75) is 51.4 Å². The number of benzene rings is 1. The number of alkyl carbamates (subject to hydrolysis) is 1. The molecule has 5 heteroatoms. The molecule has 0 radical (unpaired) electrons. The number of carbonyl (C=O) groups is 1. The monoisotopic (exact) mass is 333 g/mol. The zero-order valence-electron chi connectivity index (χ0n) is 15.3. The van der Waals surface area contributed by atoms with Crippen LogP contribution in [0.4, 0.5) is 4.79 Å². The molecule has 0 bridgehead atoms. The maximum Gasteiger partial charge on any atom is 0.407 e. The molecule has 1 aliphatic carbocycles. The average Bonchev–Trinajstić information content (AvgIpc) is 2.50. The molecule has 1 atom stereocenters. The van der Waals surface area contributed by atoms with Crippen molar-refractivity contribution >= 4 is 6.09 Å². The number of nitrogens with zero attached hydrogens (tertiary/aromatic N) is 1. The van der Waals surface area contributed by atoms with Crippen LogP contribution in [0.1, 0.15) is 32.3 Å². The van der Waals surface area contributed by atoms with E-state index in [4.69, 9.17) is 4.74 Å². The molecule has 134 valence electrons. The normalized spacial score (nSPS) is 21.4. The second-order valence-electron chi connectivity index (χ2n) is 7.25. The van der Waals surface area contributed by atoms with Gasteiger partial charge in [0.05, 0.1) is 0 Å². The first-order chi connectivity index (χ1) is 11.5. The van der Waals surface area contributed by atoms with Crippen LogP contribution in [0.5, 0.6) is 0 Å². The Morgan fingerprint density at radius 3 is 2.46 bits per heavy atom. The summed E-state index contributed by atoms with van der Waals surface area (Å²) in [7, 11) is 4.25. The molecule has 1 unspecified atom stereocenters. The number of likely N-dealkylation sites (N-methyl/N-ethyl adjacent to an activating group) is 1.